The molecule has 4 heteroatoms. The Kier molecular flexibility index (Phi) is 3.67. The largest absolute Gasteiger partial charge is 0.454 e. The molecular weight excluding hydrogens is 216 g/mol. The summed E-state index contributed by atoms with van der Waals surface area (Å²) in [6.45, 7) is 1.99. The Balaban J connectivity index is 2.05. The maximum atomic E-state index is 8.80. The van der Waals surface area contributed by atoms with Crippen LogP contribution in [0.25, 0.3) is 0 Å². The number of ether oxygens (including phenoxy) is 1. The predicted octanol–water partition coefficient (Wildman–Crippen LogP) is 2.11. The van der Waals surface area contributed by atoms with Gasteiger partial charge in [-0.15, -0.1) is 0 Å². The van der Waals surface area contributed by atoms with E-state index in [1.165, 1.54) is 0 Å². The van der Waals surface area contributed by atoms with E-state index >= 15 is 0 Å². The van der Waals surface area contributed by atoms with Crippen molar-refractivity contribution in [2.75, 3.05) is 6.61 Å². The van der Waals surface area contributed by atoms with E-state index < -0.39 is 0 Å². The Bertz CT molecular complexity index is 466. The maximum Gasteiger partial charge on any atom is 0.164 e. The number of aryl methyl sites for hydroxylation is 1. The van der Waals surface area contributed by atoms with E-state index in [0.29, 0.717) is 12.2 Å². The van der Waals surface area contributed by atoms with Crippen molar-refractivity contribution in [2.24, 2.45) is 0 Å². The number of benzene rings is 1. The van der Waals surface area contributed by atoms with Crippen molar-refractivity contribution in [1.29, 1.82) is 0 Å². The van der Waals surface area contributed by atoms with Gasteiger partial charge in [-0.3, -0.25) is 0 Å². The van der Waals surface area contributed by atoms with Gasteiger partial charge in [0.2, 0.25) is 0 Å². The number of hydrogen-bond acceptors (Lipinski definition) is 4. The molecule has 1 N–H and O–H groups in total. The fraction of sp³-hybridized carbons (Fsp3) is 0.231. The van der Waals surface area contributed by atoms with Gasteiger partial charge in [-0.2, -0.15) is 0 Å². The average Bonchev–Trinajstić information content (AvgIpc) is 2.35. The lowest BCUT2D eigenvalue weighted by Gasteiger charge is -2.05. The molecular formula is C13H14N2O2. The third-order valence-electron chi connectivity index (χ3n) is 2.32. The van der Waals surface area contributed by atoms with Crippen LogP contribution in [0.4, 0.5) is 0 Å². The third-order valence-corrected chi connectivity index (χ3v) is 2.32. The summed E-state index contributed by atoms with van der Waals surface area (Å²) < 4.78 is 5.58. The summed E-state index contributed by atoms with van der Waals surface area (Å²) in [7, 11) is 0. The van der Waals surface area contributed by atoms with Crippen LogP contribution in [-0.4, -0.2) is 21.7 Å². The molecule has 0 spiro atoms. The highest BCUT2D eigenvalue weighted by atomic mass is 16.5. The van der Waals surface area contributed by atoms with E-state index in [1.54, 1.807) is 12.4 Å². The Hall–Kier alpha value is -1.94. The van der Waals surface area contributed by atoms with E-state index in [-0.39, 0.29) is 6.61 Å². The number of nitrogens with zero attached hydrogens (tertiary/aromatic N) is 2. The van der Waals surface area contributed by atoms with Crippen molar-refractivity contribution in [3.05, 3.63) is 48.0 Å². The number of aromatic nitrogens is 2. The van der Waals surface area contributed by atoms with Crippen LogP contribution in [0.3, 0.4) is 0 Å². The van der Waals surface area contributed by atoms with E-state index in [9.17, 15) is 0 Å². The van der Waals surface area contributed by atoms with Crippen molar-refractivity contribution in [1.82, 2.24) is 9.97 Å². The lowest BCUT2D eigenvalue weighted by molar-refractivity contribution is 0.299. The molecule has 1 heterocycles. The zero-order valence-corrected chi connectivity index (χ0v) is 9.63. The topological polar surface area (TPSA) is 55.2 Å². The van der Waals surface area contributed by atoms with Crippen molar-refractivity contribution >= 4 is 0 Å². The molecule has 0 aliphatic rings. The van der Waals surface area contributed by atoms with Gasteiger partial charge in [0.25, 0.3) is 0 Å². The van der Waals surface area contributed by atoms with Gasteiger partial charge in [-0.05, 0) is 31.0 Å². The van der Waals surface area contributed by atoms with E-state index in [4.69, 9.17) is 9.84 Å². The molecule has 2 rings (SSSR count). The molecule has 0 atom stereocenters. The molecule has 0 bridgehead atoms. The Morgan fingerprint density at radius 2 is 1.71 bits per heavy atom. The highest BCUT2D eigenvalue weighted by Crippen LogP contribution is 2.20. The molecule has 1 aromatic heterocycles. The molecule has 1 aromatic carbocycles. The zero-order chi connectivity index (χ0) is 12.1. The summed E-state index contributed by atoms with van der Waals surface area (Å²) in [5.41, 5.74) is 1.08. The molecule has 0 saturated carbocycles. The first-order valence-corrected chi connectivity index (χ1v) is 5.44. The molecule has 0 saturated heterocycles. The second-order valence-electron chi connectivity index (χ2n) is 3.69. The Morgan fingerprint density at radius 3 is 2.29 bits per heavy atom. The highest BCUT2D eigenvalue weighted by Gasteiger charge is 1.98. The predicted molar refractivity (Wildman–Crippen MR) is 64.1 cm³/mol. The average molecular weight is 230 g/mol. The minimum atomic E-state index is 0.159. The van der Waals surface area contributed by atoms with Gasteiger partial charge in [0.15, 0.2) is 5.75 Å². The van der Waals surface area contributed by atoms with Gasteiger partial charge >= 0.3 is 0 Å². The van der Waals surface area contributed by atoms with Crippen LogP contribution in [0.5, 0.6) is 11.5 Å². The summed E-state index contributed by atoms with van der Waals surface area (Å²) in [6, 6.07) is 7.59. The maximum absolute atomic E-state index is 8.80. The van der Waals surface area contributed by atoms with Crippen molar-refractivity contribution in [3.8, 4) is 11.5 Å². The van der Waals surface area contributed by atoms with Gasteiger partial charge < -0.3 is 9.84 Å². The van der Waals surface area contributed by atoms with E-state index in [1.807, 2.05) is 31.2 Å². The molecule has 0 aliphatic carbocycles. The number of aliphatic hydroxyl groups excluding tert-OH is 1. The van der Waals surface area contributed by atoms with Crippen molar-refractivity contribution < 1.29 is 9.84 Å². The molecule has 88 valence electrons. The van der Waals surface area contributed by atoms with E-state index in [2.05, 4.69) is 9.97 Å². The molecule has 0 radical (unpaired) electrons. The zero-order valence-electron chi connectivity index (χ0n) is 9.63. The van der Waals surface area contributed by atoms with Crippen LogP contribution in [0.1, 0.15) is 11.4 Å². The van der Waals surface area contributed by atoms with Crippen LogP contribution in [0.15, 0.2) is 36.7 Å². The van der Waals surface area contributed by atoms with Gasteiger partial charge in [0.1, 0.15) is 11.6 Å². The smallest absolute Gasteiger partial charge is 0.164 e. The van der Waals surface area contributed by atoms with E-state index in [0.717, 1.165) is 17.1 Å². The van der Waals surface area contributed by atoms with Crippen LogP contribution < -0.4 is 4.74 Å². The van der Waals surface area contributed by atoms with Crippen LogP contribution in [-0.2, 0) is 6.42 Å². The van der Waals surface area contributed by atoms with Crippen molar-refractivity contribution in [3.63, 3.8) is 0 Å². The number of hydrogen-bond donors (Lipinski definition) is 1. The molecule has 0 aliphatic heterocycles. The third kappa shape index (κ3) is 3.26. The molecule has 17 heavy (non-hydrogen) atoms. The first-order chi connectivity index (χ1) is 8.28. The fourth-order valence-corrected chi connectivity index (χ4v) is 1.42. The lowest BCUT2D eigenvalue weighted by atomic mass is 10.1. The van der Waals surface area contributed by atoms with Gasteiger partial charge in [0, 0.05) is 6.61 Å². The summed E-state index contributed by atoms with van der Waals surface area (Å²) in [5.74, 6) is 2.07. The van der Waals surface area contributed by atoms with Gasteiger partial charge in [0.05, 0.1) is 12.4 Å². The van der Waals surface area contributed by atoms with Gasteiger partial charge in [-0.25, -0.2) is 9.97 Å². The SMILES string of the molecule is Cc1ncc(Oc2ccc(CCO)cc2)cn1. The Morgan fingerprint density at radius 1 is 1.06 bits per heavy atom. The first kappa shape index (κ1) is 11.5. The highest BCUT2D eigenvalue weighted by molar-refractivity contribution is 5.31. The Labute approximate surface area is 99.9 Å². The summed E-state index contributed by atoms with van der Waals surface area (Å²) in [6.07, 6.45) is 3.95. The number of rotatable bonds is 4. The normalized spacial score (nSPS) is 10.2. The minimum absolute atomic E-state index is 0.159. The molecule has 0 fully saturated rings. The molecule has 2 aromatic rings. The fourth-order valence-electron chi connectivity index (χ4n) is 1.42. The summed E-state index contributed by atoms with van der Waals surface area (Å²) in [4.78, 5) is 8.11. The van der Waals surface area contributed by atoms with Crippen molar-refractivity contribution in [2.45, 2.75) is 13.3 Å². The second-order valence-corrected chi connectivity index (χ2v) is 3.69. The van der Waals surface area contributed by atoms with Crippen LogP contribution >= 0.6 is 0 Å². The minimum Gasteiger partial charge on any atom is -0.454 e. The second kappa shape index (κ2) is 5.41. The van der Waals surface area contributed by atoms with Crippen LogP contribution in [0.2, 0.25) is 0 Å². The summed E-state index contributed by atoms with van der Waals surface area (Å²) >= 11 is 0. The quantitative estimate of drug-likeness (QED) is 0.874. The lowest BCUT2D eigenvalue weighted by Crippen LogP contribution is -1.92. The van der Waals surface area contributed by atoms with Gasteiger partial charge in [-0.1, -0.05) is 12.1 Å². The molecule has 4 nitrogen and oxygen atoms in total. The molecule has 0 unspecified atom stereocenters. The summed E-state index contributed by atoms with van der Waals surface area (Å²) in [5, 5.41) is 8.80. The standard InChI is InChI=1S/C13H14N2O2/c1-10-14-8-13(9-15-10)17-12-4-2-11(3-5-12)6-7-16/h2-5,8-9,16H,6-7H2,1H3. The first-order valence-electron chi connectivity index (χ1n) is 5.44. The number of aliphatic hydroxyl groups is 1. The monoisotopic (exact) mass is 230 g/mol. The van der Waals surface area contributed by atoms with Crippen LogP contribution in [0, 0.1) is 6.92 Å². The molecule has 0 amide bonds.